The van der Waals surface area contributed by atoms with Crippen LogP contribution in [-0.2, 0) is 31.1 Å². The van der Waals surface area contributed by atoms with Crippen molar-refractivity contribution in [1.29, 1.82) is 0 Å². The molecule has 2 unspecified atom stereocenters. The quantitative estimate of drug-likeness (QED) is 0.357. The lowest BCUT2D eigenvalue weighted by atomic mass is 9.74. The van der Waals surface area contributed by atoms with Crippen molar-refractivity contribution in [3.63, 3.8) is 0 Å². The maximum atomic E-state index is 6.62. The van der Waals surface area contributed by atoms with E-state index < -0.39 is 5.79 Å². The first-order valence-electron chi connectivity index (χ1n) is 15.4. The fourth-order valence-corrected chi connectivity index (χ4v) is 6.91. The Kier molecular flexibility index (Phi) is 8.03. The summed E-state index contributed by atoms with van der Waals surface area (Å²) in [5.74, 6) is 2.59. The second-order valence-electron chi connectivity index (χ2n) is 16.6. The van der Waals surface area contributed by atoms with Crippen LogP contribution in [-0.4, -0.2) is 20.0 Å². The highest BCUT2D eigenvalue weighted by Gasteiger charge is 2.64. The van der Waals surface area contributed by atoms with Crippen molar-refractivity contribution >= 4 is 0 Å². The van der Waals surface area contributed by atoms with E-state index in [0.29, 0.717) is 11.8 Å². The van der Waals surface area contributed by atoms with Crippen LogP contribution in [0.1, 0.15) is 136 Å². The van der Waals surface area contributed by atoms with E-state index in [1.54, 1.807) is 0 Å². The lowest BCUT2D eigenvalue weighted by molar-refractivity contribution is -0.171. The van der Waals surface area contributed by atoms with Crippen molar-refractivity contribution < 1.29 is 9.47 Å². The predicted molar refractivity (Wildman–Crippen MR) is 170 cm³/mol. The van der Waals surface area contributed by atoms with Gasteiger partial charge in [-0.1, -0.05) is 126 Å². The summed E-state index contributed by atoms with van der Waals surface area (Å²) in [6.07, 6.45) is 3.59. The first kappa shape index (κ1) is 31.3. The van der Waals surface area contributed by atoms with Gasteiger partial charge >= 0.3 is 0 Å². The summed E-state index contributed by atoms with van der Waals surface area (Å²) in [7, 11) is 3.70. The zero-order valence-corrected chi connectivity index (χ0v) is 28.1. The van der Waals surface area contributed by atoms with Crippen LogP contribution in [0.4, 0.5) is 0 Å². The zero-order valence-electron chi connectivity index (χ0n) is 28.1. The highest BCUT2D eigenvalue weighted by molar-refractivity contribution is 5.57. The standard InChI is InChI=1S/C38H56O2/c1-34(2,3)26-18-24(19-27(22-26)35(4,5)6)32-30-16-15-17-31(30)33(38(32,39-13)40-14)25-20-28(36(7,8)9)23-29(21-25)37(10,11)12/h18-23,30-31H,15-17H2,1-14H3. The Morgan fingerprint density at radius 2 is 0.775 bits per heavy atom. The molecule has 2 radical (unpaired) electrons. The summed E-state index contributed by atoms with van der Waals surface area (Å²) in [6.45, 7) is 27.8. The Hall–Kier alpha value is -1.64. The van der Waals surface area contributed by atoms with Crippen LogP contribution in [0.15, 0.2) is 36.4 Å². The molecule has 2 aromatic carbocycles. The van der Waals surface area contributed by atoms with Crippen molar-refractivity contribution in [2.45, 2.75) is 130 Å². The number of hydrogen-bond acceptors (Lipinski definition) is 2. The van der Waals surface area contributed by atoms with Gasteiger partial charge in [0.05, 0.1) is 11.8 Å². The number of fused-ring (bicyclic) bond motifs is 1. The number of hydrogen-bond donors (Lipinski definition) is 0. The molecule has 0 heterocycles. The molecule has 2 nitrogen and oxygen atoms in total. The predicted octanol–water partition coefficient (Wildman–Crippen LogP) is 9.84. The van der Waals surface area contributed by atoms with Crippen molar-refractivity contribution in [3.8, 4) is 0 Å². The first-order chi connectivity index (χ1) is 18.2. The van der Waals surface area contributed by atoms with Gasteiger partial charge in [-0.05, 0) is 79.7 Å². The van der Waals surface area contributed by atoms with Crippen LogP contribution in [0.25, 0.3) is 0 Å². The minimum Gasteiger partial charge on any atom is -0.351 e. The minimum atomic E-state index is -0.882. The SMILES string of the molecule is COC1(OC)[C](c2cc(C(C)(C)C)cc(C(C)(C)C)c2)C2CCCC2[C]1c1cc(C(C)(C)C)cc(C(C)(C)C)c1. The van der Waals surface area contributed by atoms with E-state index >= 15 is 0 Å². The molecule has 2 aromatic rings. The van der Waals surface area contributed by atoms with Gasteiger partial charge in [-0.2, -0.15) is 0 Å². The highest BCUT2D eigenvalue weighted by Crippen LogP contribution is 2.64. The molecule has 4 rings (SSSR count). The molecule has 0 amide bonds. The highest BCUT2D eigenvalue weighted by atomic mass is 16.7. The lowest BCUT2D eigenvalue weighted by Gasteiger charge is -2.40. The number of rotatable bonds is 4. The average molecular weight is 545 g/mol. The molecule has 2 heteroatoms. The normalized spacial score (nSPS) is 22.6. The minimum absolute atomic E-state index is 0.0439. The van der Waals surface area contributed by atoms with Crippen molar-refractivity contribution in [2.75, 3.05) is 14.2 Å². The first-order valence-corrected chi connectivity index (χ1v) is 15.4. The van der Waals surface area contributed by atoms with Crippen LogP contribution < -0.4 is 0 Å². The smallest absolute Gasteiger partial charge is 0.189 e. The van der Waals surface area contributed by atoms with Crippen LogP contribution in [0.3, 0.4) is 0 Å². The Bertz CT molecular complexity index is 1050. The van der Waals surface area contributed by atoms with Gasteiger partial charge in [-0.3, -0.25) is 0 Å². The van der Waals surface area contributed by atoms with Gasteiger partial charge in [0.2, 0.25) is 0 Å². The van der Waals surface area contributed by atoms with Gasteiger partial charge in [0.15, 0.2) is 5.79 Å². The molecule has 0 saturated heterocycles. The molecule has 0 spiro atoms. The van der Waals surface area contributed by atoms with Crippen LogP contribution in [0.5, 0.6) is 0 Å². The molecule has 2 atom stereocenters. The number of ether oxygens (including phenoxy) is 2. The topological polar surface area (TPSA) is 18.5 Å². The molecule has 2 saturated carbocycles. The molecule has 0 N–H and O–H groups in total. The summed E-state index contributed by atoms with van der Waals surface area (Å²) in [5, 5.41) is 0. The van der Waals surface area contributed by atoms with Crippen LogP contribution in [0, 0.1) is 23.7 Å². The molecule has 220 valence electrons. The van der Waals surface area contributed by atoms with Gasteiger partial charge < -0.3 is 9.47 Å². The van der Waals surface area contributed by atoms with Crippen LogP contribution >= 0.6 is 0 Å². The molecule has 2 fully saturated rings. The van der Waals surface area contributed by atoms with E-state index in [1.807, 2.05) is 14.2 Å². The largest absolute Gasteiger partial charge is 0.351 e. The van der Waals surface area contributed by atoms with Gasteiger partial charge in [0.1, 0.15) is 0 Å². The van der Waals surface area contributed by atoms with Gasteiger partial charge in [-0.15, -0.1) is 0 Å². The molecule has 2 aliphatic carbocycles. The summed E-state index contributed by atoms with van der Waals surface area (Å²) < 4.78 is 13.2. The second-order valence-corrected chi connectivity index (χ2v) is 16.6. The van der Waals surface area contributed by atoms with E-state index in [-0.39, 0.29) is 21.7 Å². The number of benzene rings is 2. The third kappa shape index (κ3) is 5.57. The molecule has 0 aliphatic heterocycles. The number of methoxy groups -OCH3 is 2. The maximum Gasteiger partial charge on any atom is 0.189 e. The molecular formula is C38H56O2. The monoisotopic (exact) mass is 544 g/mol. The summed E-state index contributed by atoms with van der Waals surface area (Å²) in [4.78, 5) is 0. The summed E-state index contributed by atoms with van der Waals surface area (Å²) >= 11 is 0. The Labute approximate surface area is 246 Å². The molecule has 2 aliphatic rings. The fourth-order valence-electron chi connectivity index (χ4n) is 6.91. The van der Waals surface area contributed by atoms with Gasteiger partial charge in [0.25, 0.3) is 0 Å². The van der Waals surface area contributed by atoms with E-state index in [0.717, 1.165) is 0 Å². The second kappa shape index (κ2) is 10.3. The molecule has 0 bridgehead atoms. The van der Waals surface area contributed by atoms with Crippen molar-refractivity contribution in [3.05, 3.63) is 81.6 Å². The lowest BCUT2D eigenvalue weighted by Crippen LogP contribution is -2.44. The third-order valence-corrected chi connectivity index (χ3v) is 9.49. The van der Waals surface area contributed by atoms with Crippen molar-refractivity contribution in [1.82, 2.24) is 0 Å². The summed E-state index contributed by atoms with van der Waals surface area (Å²) in [6, 6.07) is 14.6. The molecular weight excluding hydrogens is 488 g/mol. The zero-order chi connectivity index (χ0) is 30.1. The fraction of sp³-hybridized carbons (Fsp3) is 0.632. The van der Waals surface area contributed by atoms with E-state index in [4.69, 9.17) is 9.47 Å². The van der Waals surface area contributed by atoms with Crippen molar-refractivity contribution in [2.24, 2.45) is 11.8 Å². The maximum absolute atomic E-state index is 6.62. The van der Waals surface area contributed by atoms with Crippen LogP contribution in [0.2, 0.25) is 0 Å². The third-order valence-electron chi connectivity index (χ3n) is 9.49. The van der Waals surface area contributed by atoms with Gasteiger partial charge in [-0.25, -0.2) is 0 Å². The Morgan fingerprint density at radius 3 is 1.00 bits per heavy atom. The van der Waals surface area contributed by atoms with Gasteiger partial charge in [0, 0.05) is 14.2 Å². The Morgan fingerprint density at radius 1 is 0.500 bits per heavy atom. The van der Waals surface area contributed by atoms with E-state index in [2.05, 4.69) is 119 Å². The van der Waals surface area contributed by atoms with E-state index in [9.17, 15) is 0 Å². The average Bonchev–Trinajstić information content (AvgIpc) is 3.39. The molecule has 40 heavy (non-hydrogen) atoms. The summed E-state index contributed by atoms with van der Waals surface area (Å²) in [5.41, 5.74) is 8.24. The Balaban J connectivity index is 2.00. The molecule has 0 aromatic heterocycles. The van der Waals surface area contributed by atoms with E-state index in [1.165, 1.54) is 64.5 Å².